The first-order valence-corrected chi connectivity index (χ1v) is 16.7. The van der Waals surface area contributed by atoms with Gasteiger partial charge in [0.1, 0.15) is 12.2 Å². The summed E-state index contributed by atoms with van der Waals surface area (Å²) in [5, 5.41) is 44.7. The van der Waals surface area contributed by atoms with Crippen molar-refractivity contribution in [1.82, 2.24) is 5.32 Å². The summed E-state index contributed by atoms with van der Waals surface area (Å²) in [7, 11) is 0. The van der Waals surface area contributed by atoms with Gasteiger partial charge in [0.05, 0.1) is 30.0 Å². The number of rotatable bonds is 3. The smallest absolute Gasteiger partial charge is 0.109 e. The van der Waals surface area contributed by atoms with Crippen molar-refractivity contribution < 1.29 is 29.9 Å². The van der Waals surface area contributed by atoms with E-state index < -0.39 is 30.3 Å². The Labute approximate surface area is 245 Å². The molecule has 230 valence electrons. The van der Waals surface area contributed by atoms with Crippen molar-refractivity contribution in [1.29, 1.82) is 0 Å². The zero-order valence-corrected chi connectivity index (χ0v) is 25.5. The Morgan fingerprint density at radius 3 is 2.63 bits per heavy atom. The SMILES string of the molecule is CC1=C2C[C@H]3[C@@H](CC=C4C[C@@H](OC5CC(CO)C(O)C(O)C5O)CC[C@@]43C)[C@@H]2CCC12O[C@@H]1C[C@H](C)CN[C@H]1[C@H]2C. The molecule has 7 rings (SSSR count). The maximum Gasteiger partial charge on any atom is 0.109 e. The van der Waals surface area contributed by atoms with Crippen LogP contribution >= 0.6 is 0 Å². The Morgan fingerprint density at radius 2 is 1.85 bits per heavy atom. The summed E-state index contributed by atoms with van der Waals surface area (Å²) in [5.74, 6) is 2.76. The molecule has 7 nitrogen and oxygen atoms in total. The van der Waals surface area contributed by atoms with Crippen molar-refractivity contribution in [2.45, 2.75) is 134 Å². The first kappa shape index (κ1) is 28.9. The summed E-state index contributed by atoms with van der Waals surface area (Å²) in [4.78, 5) is 0. The molecule has 15 atom stereocenters. The highest BCUT2D eigenvalue weighted by atomic mass is 16.5. The van der Waals surface area contributed by atoms with E-state index in [0.29, 0.717) is 48.2 Å². The molecular weight excluding hydrogens is 518 g/mol. The largest absolute Gasteiger partial charge is 0.396 e. The summed E-state index contributed by atoms with van der Waals surface area (Å²) in [6, 6.07) is 0.475. The molecule has 3 saturated carbocycles. The van der Waals surface area contributed by atoms with Crippen molar-refractivity contribution in [2.24, 2.45) is 40.9 Å². The maximum atomic E-state index is 10.6. The third-order valence-electron chi connectivity index (χ3n) is 13.6. The summed E-state index contributed by atoms with van der Waals surface area (Å²) in [6.07, 6.45) is 7.91. The van der Waals surface area contributed by atoms with Gasteiger partial charge in [0, 0.05) is 24.5 Å². The highest BCUT2D eigenvalue weighted by Gasteiger charge is 2.60. The molecule has 5 aliphatic carbocycles. The van der Waals surface area contributed by atoms with E-state index in [4.69, 9.17) is 9.47 Å². The fraction of sp³-hybridized carbons (Fsp3) is 0.882. The predicted octanol–water partition coefficient (Wildman–Crippen LogP) is 3.49. The van der Waals surface area contributed by atoms with Crippen molar-refractivity contribution in [3.05, 3.63) is 22.8 Å². The van der Waals surface area contributed by atoms with E-state index in [1.807, 2.05) is 0 Å². The number of hydrogen-bond donors (Lipinski definition) is 5. The lowest BCUT2D eigenvalue weighted by molar-refractivity contribution is -0.193. The van der Waals surface area contributed by atoms with Crippen LogP contribution in [0.1, 0.15) is 85.5 Å². The van der Waals surface area contributed by atoms with E-state index in [-0.39, 0.29) is 23.7 Å². The van der Waals surface area contributed by atoms with Crippen molar-refractivity contribution in [3.63, 3.8) is 0 Å². The first-order chi connectivity index (χ1) is 19.6. The van der Waals surface area contributed by atoms with Crippen molar-refractivity contribution in [3.8, 4) is 0 Å². The van der Waals surface area contributed by atoms with E-state index in [2.05, 4.69) is 39.1 Å². The van der Waals surface area contributed by atoms with Crippen LogP contribution in [-0.2, 0) is 9.47 Å². The van der Waals surface area contributed by atoms with Crippen LogP contribution < -0.4 is 5.32 Å². The molecule has 2 heterocycles. The van der Waals surface area contributed by atoms with E-state index in [9.17, 15) is 20.4 Å². The van der Waals surface area contributed by atoms with Crippen LogP contribution in [0.5, 0.6) is 0 Å². The third-order valence-corrected chi connectivity index (χ3v) is 13.6. The van der Waals surface area contributed by atoms with Crippen LogP contribution in [0.25, 0.3) is 0 Å². The Bertz CT molecular complexity index is 1090. The van der Waals surface area contributed by atoms with Gasteiger partial charge in [-0.1, -0.05) is 38.0 Å². The molecule has 0 amide bonds. The minimum atomic E-state index is -1.29. The van der Waals surface area contributed by atoms with Gasteiger partial charge in [0.2, 0.25) is 0 Å². The molecule has 1 spiro atoms. The van der Waals surface area contributed by atoms with Gasteiger partial charge in [-0.2, -0.15) is 0 Å². The summed E-state index contributed by atoms with van der Waals surface area (Å²) in [5.41, 5.74) is 4.86. The second-order valence-electron chi connectivity index (χ2n) is 15.5. The minimum Gasteiger partial charge on any atom is -0.396 e. The fourth-order valence-corrected chi connectivity index (χ4v) is 11.0. The molecule has 0 radical (unpaired) electrons. The van der Waals surface area contributed by atoms with Crippen LogP contribution in [0.4, 0.5) is 0 Å². The highest BCUT2D eigenvalue weighted by molar-refractivity contribution is 5.38. The topological polar surface area (TPSA) is 111 Å². The number of allylic oxidation sites excluding steroid dienone is 2. The number of ether oxygens (including phenoxy) is 2. The summed E-state index contributed by atoms with van der Waals surface area (Å²) >= 11 is 0. The average molecular weight is 572 g/mol. The molecule has 41 heavy (non-hydrogen) atoms. The molecule has 0 aromatic rings. The van der Waals surface area contributed by atoms with E-state index in [0.717, 1.165) is 38.6 Å². The molecule has 0 aromatic heterocycles. The number of piperidine rings is 1. The lowest BCUT2D eigenvalue weighted by atomic mass is 9.56. The van der Waals surface area contributed by atoms with Gasteiger partial charge < -0.3 is 35.2 Å². The second-order valence-corrected chi connectivity index (χ2v) is 15.5. The number of nitrogens with one attached hydrogen (secondary N) is 1. The maximum absolute atomic E-state index is 10.6. The van der Waals surface area contributed by atoms with Gasteiger partial charge in [-0.3, -0.25) is 0 Å². The second kappa shape index (κ2) is 10.4. The van der Waals surface area contributed by atoms with Crippen molar-refractivity contribution >= 4 is 0 Å². The van der Waals surface area contributed by atoms with Gasteiger partial charge in [-0.15, -0.1) is 0 Å². The minimum absolute atomic E-state index is 0.00816. The molecule has 5 N–H and O–H groups in total. The molecule has 5 fully saturated rings. The predicted molar refractivity (Wildman–Crippen MR) is 156 cm³/mol. The zero-order chi connectivity index (χ0) is 28.8. The van der Waals surface area contributed by atoms with Gasteiger partial charge in [0.15, 0.2) is 0 Å². The van der Waals surface area contributed by atoms with E-state index in [1.54, 1.807) is 11.1 Å². The van der Waals surface area contributed by atoms with Gasteiger partial charge in [0.25, 0.3) is 0 Å². The van der Waals surface area contributed by atoms with Gasteiger partial charge in [-0.25, -0.2) is 0 Å². The summed E-state index contributed by atoms with van der Waals surface area (Å²) in [6.45, 7) is 10.6. The number of fused-ring (bicyclic) bond motifs is 6. The molecule has 2 aliphatic heterocycles. The normalized spacial score (nSPS) is 54.8. The number of aliphatic hydroxyl groups excluding tert-OH is 4. The van der Waals surface area contributed by atoms with E-state index >= 15 is 0 Å². The monoisotopic (exact) mass is 571 g/mol. The molecule has 7 aliphatic rings. The highest BCUT2D eigenvalue weighted by Crippen LogP contribution is 2.65. The standard InChI is InChI=1S/C34H53NO6/c1-17-11-27-29(35-15-17)19(3)34(41-27)10-8-23-24-6-5-21-13-22(7-9-33(21,4)26(24)14-25(23)18(34)2)40-28-12-20(16-36)30(37)32(39)31(28)38/h5,17,19-20,22-24,26-32,35-39H,6-16H2,1-4H3/t17-,19+,20?,22-,23-,24-,26-,27+,28?,29-,30?,31?,32?,33-,34?/m0/s1. The third kappa shape index (κ3) is 4.31. The molecule has 0 bridgehead atoms. The Kier molecular flexibility index (Phi) is 7.33. The van der Waals surface area contributed by atoms with Gasteiger partial charge in [-0.05, 0) is 106 Å². The van der Waals surface area contributed by atoms with E-state index in [1.165, 1.54) is 24.8 Å². The zero-order valence-electron chi connectivity index (χ0n) is 25.5. The first-order valence-electron chi connectivity index (χ1n) is 16.7. The Hall–Kier alpha value is -0.800. The van der Waals surface area contributed by atoms with Crippen molar-refractivity contribution in [2.75, 3.05) is 13.2 Å². The van der Waals surface area contributed by atoms with Crippen LogP contribution in [-0.4, -0.2) is 81.8 Å². The molecular formula is C34H53NO6. The molecule has 7 heteroatoms. The van der Waals surface area contributed by atoms with Crippen LogP contribution in [0.15, 0.2) is 22.8 Å². The van der Waals surface area contributed by atoms with Crippen LogP contribution in [0.2, 0.25) is 0 Å². The lowest BCUT2D eigenvalue weighted by Crippen LogP contribution is -2.56. The quantitative estimate of drug-likeness (QED) is 0.330. The summed E-state index contributed by atoms with van der Waals surface area (Å²) < 4.78 is 13.5. The molecule has 0 aromatic carbocycles. The number of hydrogen-bond acceptors (Lipinski definition) is 7. The van der Waals surface area contributed by atoms with Crippen LogP contribution in [0, 0.1) is 40.9 Å². The molecule has 2 saturated heterocycles. The Balaban J connectivity index is 1.08. The number of aliphatic hydroxyl groups is 4. The Morgan fingerprint density at radius 1 is 1.05 bits per heavy atom. The fourth-order valence-electron chi connectivity index (χ4n) is 11.0. The lowest BCUT2D eigenvalue weighted by Gasteiger charge is -2.50. The average Bonchev–Trinajstić information content (AvgIpc) is 3.48. The van der Waals surface area contributed by atoms with Gasteiger partial charge >= 0.3 is 0 Å². The molecule has 6 unspecified atom stereocenters. The van der Waals surface area contributed by atoms with Crippen LogP contribution in [0.3, 0.4) is 0 Å².